The largest absolute Gasteiger partial charge is 0.405 e. The molecule has 3 N–H and O–H groups in total. The van der Waals surface area contributed by atoms with Gasteiger partial charge in [-0.2, -0.15) is 0 Å². The third kappa shape index (κ3) is 3.59. The van der Waals surface area contributed by atoms with Crippen molar-refractivity contribution in [3.63, 3.8) is 0 Å². The summed E-state index contributed by atoms with van der Waals surface area (Å²) in [5.74, 6) is 0. The average Bonchev–Trinajstić information content (AvgIpc) is 2.40. The maximum Gasteiger partial charge on any atom is 0.113 e. The Kier molecular flexibility index (Phi) is 5.38. The van der Waals surface area contributed by atoms with E-state index in [0.717, 1.165) is 16.8 Å². The minimum atomic E-state index is 0.459. The summed E-state index contributed by atoms with van der Waals surface area (Å²) in [6.07, 6.45) is 6.64. The van der Waals surface area contributed by atoms with Crippen LogP contribution in [-0.4, -0.2) is 0 Å². The second kappa shape index (κ2) is 7.06. The molecule has 0 amide bonds. The molecule has 0 bridgehead atoms. The molecule has 18 heavy (non-hydrogen) atoms. The zero-order valence-corrected chi connectivity index (χ0v) is 10.4. The van der Waals surface area contributed by atoms with Crippen LogP contribution in [0, 0.1) is 11.8 Å². The monoisotopic (exact) mass is 243 g/mol. The number of benzene rings is 1. The topological polar surface area (TPSA) is 67.5 Å². The molecule has 4 heteroatoms. The second-order valence-electron chi connectivity index (χ2n) is 3.73. The molecule has 0 aliphatic rings. The smallest absolute Gasteiger partial charge is 0.113 e. The lowest BCUT2D eigenvalue weighted by Gasteiger charge is -2.10. The summed E-state index contributed by atoms with van der Waals surface area (Å²) in [6.45, 7) is 6.17. The molecule has 0 saturated heterocycles. The van der Waals surface area contributed by atoms with Crippen molar-refractivity contribution in [3.05, 3.63) is 70.9 Å². The van der Waals surface area contributed by atoms with Gasteiger partial charge in [0, 0.05) is 17.8 Å². The van der Waals surface area contributed by atoms with Gasteiger partial charge in [0.15, 0.2) is 0 Å². The minimum absolute atomic E-state index is 0.459. The van der Waals surface area contributed by atoms with Crippen molar-refractivity contribution in [2.24, 2.45) is 10.9 Å². The quantitative estimate of drug-likeness (QED) is 0.596. The molecule has 0 aliphatic carbocycles. The molecule has 0 spiro atoms. The second-order valence-corrected chi connectivity index (χ2v) is 3.73. The van der Waals surface area contributed by atoms with E-state index in [-0.39, 0.29) is 0 Å². The summed E-state index contributed by atoms with van der Waals surface area (Å²) in [4.78, 5) is 10.7. The fraction of sp³-hybridized carbons (Fsp3) is 0.143. The van der Waals surface area contributed by atoms with Crippen LogP contribution in [0.15, 0.2) is 60.1 Å². The van der Waals surface area contributed by atoms with Crippen molar-refractivity contribution in [2.45, 2.75) is 13.5 Å². The van der Waals surface area contributed by atoms with Gasteiger partial charge in [-0.25, -0.2) is 0 Å². The zero-order chi connectivity index (χ0) is 13.4. The molecule has 0 radical (unpaired) electrons. The first-order chi connectivity index (χ1) is 8.72. The van der Waals surface area contributed by atoms with Crippen molar-refractivity contribution < 1.29 is 0 Å². The van der Waals surface area contributed by atoms with Gasteiger partial charge in [-0.1, -0.05) is 18.7 Å². The molecule has 0 heterocycles. The maximum absolute atomic E-state index is 10.7. The van der Waals surface area contributed by atoms with E-state index in [2.05, 4.69) is 17.1 Å². The summed E-state index contributed by atoms with van der Waals surface area (Å²) >= 11 is 0. The highest BCUT2D eigenvalue weighted by atomic mass is 16.3. The molecule has 0 aromatic heterocycles. The molecule has 0 fully saturated rings. The van der Waals surface area contributed by atoms with Crippen LogP contribution < -0.4 is 11.1 Å². The lowest BCUT2D eigenvalue weighted by molar-refractivity contribution is 0.828. The van der Waals surface area contributed by atoms with Crippen LogP contribution in [-0.2, 0) is 6.54 Å². The summed E-state index contributed by atoms with van der Waals surface area (Å²) in [6, 6.07) is 5.47. The first-order valence-corrected chi connectivity index (χ1v) is 5.59. The van der Waals surface area contributed by atoms with Crippen molar-refractivity contribution in [2.75, 3.05) is 0 Å². The Hall–Kier alpha value is -2.36. The molecule has 0 saturated carbocycles. The molecular formula is C14H17N3O. The summed E-state index contributed by atoms with van der Waals surface area (Å²) in [5, 5.41) is 6.20. The Bertz CT molecular complexity index is 490. The van der Waals surface area contributed by atoms with E-state index < -0.39 is 0 Å². The van der Waals surface area contributed by atoms with Gasteiger partial charge >= 0.3 is 0 Å². The molecule has 0 atom stereocenters. The van der Waals surface area contributed by atoms with Crippen molar-refractivity contribution in [1.82, 2.24) is 5.32 Å². The molecule has 0 unspecified atom stereocenters. The maximum atomic E-state index is 10.7. The van der Waals surface area contributed by atoms with Crippen molar-refractivity contribution >= 4 is 5.69 Å². The van der Waals surface area contributed by atoms with Crippen LogP contribution in [0.1, 0.15) is 11.1 Å². The molecule has 4 nitrogen and oxygen atoms in total. The SMILES string of the molecule is C=C/C(=C\C=C/N)NCc1c(C)cccc1N=O. The highest BCUT2D eigenvalue weighted by Gasteiger charge is 2.05. The van der Waals surface area contributed by atoms with Gasteiger partial charge in [0.25, 0.3) is 0 Å². The Balaban J connectivity index is 2.85. The number of allylic oxidation sites excluding steroid dienone is 3. The number of nitrogens with two attached hydrogens (primary N) is 1. The Morgan fingerprint density at radius 3 is 2.94 bits per heavy atom. The molecule has 1 aromatic carbocycles. The van der Waals surface area contributed by atoms with E-state index in [1.165, 1.54) is 6.20 Å². The average molecular weight is 243 g/mol. The number of hydrogen-bond acceptors (Lipinski definition) is 4. The Labute approximate surface area is 107 Å². The van der Waals surface area contributed by atoms with E-state index in [0.29, 0.717) is 12.2 Å². The van der Waals surface area contributed by atoms with Crippen LogP contribution in [0.5, 0.6) is 0 Å². The first-order valence-electron chi connectivity index (χ1n) is 5.59. The molecule has 1 rings (SSSR count). The van der Waals surface area contributed by atoms with Crippen LogP contribution >= 0.6 is 0 Å². The van der Waals surface area contributed by atoms with Gasteiger partial charge < -0.3 is 11.1 Å². The highest BCUT2D eigenvalue weighted by Crippen LogP contribution is 2.22. The molecule has 0 aliphatic heterocycles. The minimum Gasteiger partial charge on any atom is -0.405 e. The van der Waals surface area contributed by atoms with Crippen LogP contribution in [0.3, 0.4) is 0 Å². The Morgan fingerprint density at radius 1 is 1.56 bits per heavy atom. The van der Waals surface area contributed by atoms with E-state index in [9.17, 15) is 4.91 Å². The van der Waals surface area contributed by atoms with Gasteiger partial charge in [0.1, 0.15) is 5.69 Å². The highest BCUT2D eigenvalue weighted by molar-refractivity contribution is 5.49. The number of aryl methyl sites for hydroxylation is 1. The van der Waals surface area contributed by atoms with Crippen molar-refractivity contribution in [3.8, 4) is 0 Å². The van der Waals surface area contributed by atoms with Gasteiger partial charge in [0.2, 0.25) is 0 Å². The lowest BCUT2D eigenvalue weighted by Crippen LogP contribution is -2.12. The van der Waals surface area contributed by atoms with Gasteiger partial charge in [-0.05, 0) is 48.2 Å². The van der Waals surface area contributed by atoms with E-state index >= 15 is 0 Å². The molecular weight excluding hydrogens is 226 g/mol. The number of rotatable bonds is 6. The van der Waals surface area contributed by atoms with E-state index in [1.54, 1.807) is 24.3 Å². The number of nitroso groups, excluding NO2 is 1. The predicted molar refractivity (Wildman–Crippen MR) is 75.1 cm³/mol. The Morgan fingerprint density at radius 2 is 2.33 bits per heavy atom. The molecule has 1 aromatic rings. The summed E-state index contributed by atoms with van der Waals surface area (Å²) < 4.78 is 0. The predicted octanol–water partition coefficient (Wildman–Crippen LogP) is 3.02. The van der Waals surface area contributed by atoms with E-state index in [1.807, 2.05) is 19.1 Å². The van der Waals surface area contributed by atoms with Crippen LogP contribution in [0.2, 0.25) is 0 Å². The van der Waals surface area contributed by atoms with Crippen LogP contribution in [0.25, 0.3) is 0 Å². The number of hydrogen-bond donors (Lipinski definition) is 2. The van der Waals surface area contributed by atoms with Gasteiger partial charge in [-0.3, -0.25) is 0 Å². The standard InChI is InChI=1S/C14H17N3O/c1-3-12(7-5-9-15)16-10-13-11(2)6-4-8-14(13)17-18/h3-9,16H,1,10,15H2,2H3/b9-5-,12-7+. The van der Waals surface area contributed by atoms with Crippen molar-refractivity contribution in [1.29, 1.82) is 0 Å². The van der Waals surface area contributed by atoms with Gasteiger partial charge in [0.05, 0.1) is 0 Å². The fourth-order valence-electron chi connectivity index (χ4n) is 1.55. The third-order valence-electron chi connectivity index (χ3n) is 2.56. The third-order valence-corrected chi connectivity index (χ3v) is 2.56. The molecule has 94 valence electrons. The fourth-order valence-corrected chi connectivity index (χ4v) is 1.55. The van der Waals surface area contributed by atoms with Crippen LogP contribution in [0.4, 0.5) is 5.69 Å². The van der Waals surface area contributed by atoms with Gasteiger partial charge in [-0.15, -0.1) is 4.91 Å². The summed E-state index contributed by atoms with van der Waals surface area (Å²) in [7, 11) is 0. The van der Waals surface area contributed by atoms with E-state index in [4.69, 9.17) is 5.73 Å². The number of nitrogens with zero attached hydrogens (tertiary/aromatic N) is 1. The lowest BCUT2D eigenvalue weighted by atomic mass is 10.1. The normalized spacial score (nSPS) is 11.5. The first kappa shape index (κ1) is 13.7. The summed E-state index contributed by atoms with van der Waals surface area (Å²) in [5.41, 5.74) is 8.47. The number of nitrogens with one attached hydrogen (secondary N) is 1. The zero-order valence-electron chi connectivity index (χ0n) is 10.4.